The third-order valence-electron chi connectivity index (χ3n) is 5.69. The quantitative estimate of drug-likeness (QED) is 0.579. The molecule has 2 aromatic heterocycles. The van der Waals surface area contributed by atoms with Crippen molar-refractivity contribution >= 4 is 5.69 Å². The second kappa shape index (κ2) is 13.0. The number of aromatic nitrogens is 2. The molecule has 8 nitrogen and oxygen atoms in total. The molecule has 0 amide bonds. The molecule has 3 aromatic rings. The van der Waals surface area contributed by atoms with E-state index in [1.54, 1.807) is 19.4 Å². The van der Waals surface area contributed by atoms with Gasteiger partial charge >= 0.3 is 0 Å². The van der Waals surface area contributed by atoms with Gasteiger partial charge in [-0.05, 0) is 58.0 Å². The predicted molar refractivity (Wildman–Crippen MR) is 141 cm³/mol. The summed E-state index contributed by atoms with van der Waals surface area (Å²) in [5.41, 5.74) is 2.02. The molecule has 0 unspecified atom stereocenters. The molecule has 0 bridgehead atoms. The van der Waals surface area contributed by atoms with Crippen LogP contribution in [-0.4, -0.2) is 53.9 Å². The molecule has 8 heteroatoms. The van der Waals surface area contributed by atoms with Gasteiger partial charge in [-0.15, -0.1) is 0 Å². The molecule has 1 saturated heterocycles. The lowest BCUT2D eigenvalue weighted by molar-refractivity contribution is 0.0397. The van der Waals surface area contributed by atoms with Gasteiger partial charge < -0.3 is 25.2 Å². The van der Waals surface area contributed by atoms with Crippen LogP contribution in [0.15, 0.2) is 71.8 Å². The summed E-state index contributed by atoms with van der Waals surface area (Å²) in [7, 11) is 3.70. The monoisotopic (exact) mass is 482 g/mol. The maximum Gasteiger partial charge on any atom is 0.259 e. The first-order chi connectivity index (χ1) is 16.3. The van der Waals surface area contributed by atoms with E-state index in [1.807, 2.05) is 76.5 Å². The number of pyridine rings is 2. The highest BCUT2D eigenvalue weighted by atomic mass is 16.5. The number of ether oxygens (including phenoxy) is 2. The van der Waals surface area contributed by atoms with Gasteiger partial charge in [-0.3, -0.25) is 9.36 Å². The molecule has 35 heavy (non-hydrogen) atoms. The molecule has 0 radical (unpaired) electrons. The summed E-state index contributed by atoms with van der Waals surface area (Å²) in [5, 5.41) is 3.31. The van der Waals surface area contributed by atoms with Crippen LogP contribution in [0.5, 0.6) is 5.75 Å². The summed E-state index contributed by atoms with van der Waals surface area (Å²) in [6.45, 7) is 8.48. The summed E-state index contributed by atoms with van der Waals surface area (Å²) in [6, 6.07) is 17.6. The highest BCUT2D eigenvalue weighted by Crippen LogP contribution is 2.20. The van der Waals surface area contributed by atoms with Gasteiger partial charge in [-0.1, -0.05) is 30.3 Å². The van der Waals surface area contributed by atoms with Crippen LogP contribution in [0.2, 0.25) is 0 Å². The summed E-state index contributed by atoms with van der Waals surface area (Å²) < 4.78 is 12.2. The highest BCUT2D eigenvalue weighted by Gasteiger charge is 2.21. The molecule has 190 valence electrons. The van der Waals surface area contributed by atoms with Gasteiger partial charge in [0.05, 0.1) is 17.5 Å². The standard InChI is InChI=1S/C22H24N4O2.C5H12O.H2O/c1-23-18-9-11-25(15-18)19-7-8-21(24-14-19)26-12-10-20(13-22(26)27)28-16-17-5-3-2-4-6-17;1-5(2,3)6-4;/h2-8,10,12-14,18,23H,9,11,15-16H2,1H3;1-4H3;1H2/t18-;;/m1../s1. The first-order valence-electron chi connectivity index (χ1n) is 11.6. The summed E-state index contributed by atoms with van der Waals surface area (Å²) >= 11 is 0. The Morgan fingerprint density at radius 2 is 1.83 bits per heavy atom. The zero-order valence-electron chi connectivity index (χ0n) is 21.3. The van der Waals surface area contributed by atoms with Crippen LogP contribution in [0.3, 0.4) is 0 Å². The smallest absolute Gasteiger partial charge is 0.259 e. The lowest BCUT2D eigenvalue weighted by atomic mass is 10.2. The number of nitrogens with zero attached hydrogens (tertiary/aromatic N) is 3. The fourth-order valence-corrected chi connectivity index (χ4v) is 3.42. The number of nitrogens with one attached hydrogen (secondary N) is 1. The van der Waals surface area contributed by atoms with Crippen molar-refractivity contribution in [3.05, 3.63) is 82.9 Å². The predicted octanol–water partition coefficient (Wildman–Crippen LogP) is 3.22. The molecule has 4 rings (SSSR count). The molecule has 3 heterocycles. The largest absolute Gasteiger partial charge is 0.489 e. The van der Waals surface area contributed by atoms with Gasteiger partial charge in [0.1, 0.15) is 18.2 Å². The minimum absolute atomic E-state index is 0. The van der Waals surface area contributed by atoms with Crippen molar-refractivity contribution in [1.29, 1.82) is 0 Å². The van der Waals surface area contributed by atoms with E-state index in [0.29, 0.717) is 24.2 Å². The third kappa shape index (κ3) is 8.51. The average Bonchev–Trinajstić information content (AvgIpc) is 3.33. The molecule has 0 spiro atoms. The Balaban J connectivity index is 0.000000552. The minimum Gasteiger partial charge on any atom is -0.489 e. The number of hydrogen-bond acceptors (Lipinski definition) is 6. The van der Waals surface area contributed by atoms with Crippen molar-refractivity contribution < 1.29 is 14.9 Å². The van der Waals surface area contributed by atoms with Crippen molar-refractivity contribution in [2.45, 2.75) is 45.4 Å². The highest BCUT2D eigenvalue weighted by molar-refractivity contribution is 5.48. The average molecular weight is 483 g/mol. The Bertz CT molecular complexity index is 1080. The number of benzene rings is 1. The normalized spacial score (nSPS) is 15.1. The summed E-state index contributed by atoms with van der Waals surface area (Å²) in [5.74, 6) is 1.16. The van der Waals surface area contributed by atoms with Gasteiger partial charge in [0.2, 0.25) is 0 Å². The van der Waals surface area contributed by atoms with Crippen molar-refractivity contribution in [2.75, 3.05) is 32.1 Å². The summed E-state index contributed by atoms with van der Waals surface area (Å²) in [6.07, 6.45) is 4.67. The van der Waals surface area contributed by atoms with E-state index in [4.69, 9.17) is 9.47 Å². The maximum atomic E-state index is 12.5. The van der Waals surface area contributed by atoms with Crippen molar-refractivity contribution in [3.63, 3.8) is 0 Å². The van der Waals surface area contributed by atoms with Crippen molar-refractivity contribution in [1.82, 2.24) is 14.9 Å². The molecule has 1 fully saturated rings. The Kier molecular flexibility index (Phi) is 10.4. The van der Waals surface area contributed by atoms with Gasteiger partial charge in [0.25, 0.3) is 5.56 Å². The first-order valence-corrected chi connectivity index (χ1v) is 11.6. The van der Waals surface area contributed by atoms with E-state index in [2.05, 4.69) is 15.2 Å². The van der Waals surface area contributed by atoms with Gasteiger partial charge in [-0.2, -0.15) is 0 Å². The zero-order chi connectivity index (χ0) is 24.6. The molecule has 0 saturated carbocycles. The number of methoxy groups -OCH3 is 1. The van der Waals surface area contributed by atoms with Gasteiger partial charge in [0, 0.05) is 38.5 Å². The van der Waals surface area contributed by atoms with Crippen LogP contribution in [0, 0.1) is 0 Å². The molecule has 1 aliphatic heterocycles. The fraction of sp³-hybridized carbons (Fsp3) is 0.407. The number of rotatable bonds is 6. The number of anilines is 1. The Labute approximate surface area is 207 Å². The molecular formula is C27H38N4O4. The second-order valence-electron chi connectivity index (χ2n) is 9.26. The van der Waals surface area contributed by atoms with E-state index in [9.17, 15) is 4.79 Å². The van der Waals surface area contributed by atoms with Crippen LogP contribution < -0.4 is 20.5 Å². The van der Waals surface area contributed by atoms with Crippen LogP contribution >= 0.6 is 0 Å². The lowest BCUT2D eigenvalue weighted by Gasteiger charge is -2.18. The first kappa shape index (κ1) is 28.0. The molecule has 0 aliphatic carbocycles. The topological polar surface area (TPSA) is 100 Å². The van der Waals surface area contributed by atoms with Crippen LogP contribution in [0.1, 0.15) is 32.8 Å². The SMILES string of the molecule is CN[C@@H]1CCN(c2ccc(-n3ccc(OCc4ccccc4)cc3=O)nc2)C1.COC(C)(C)C.O. The van der Waals surface area contributed by atoms with Crippen molar-refractivity contribution in [2.24, 2.45) is 0 Å². The number of likely N-dealkylation sites (N-methyl/N-ethyl adjacent to an activating group) is 1. The third-order valence-corrected chi connectivity index (χ3v) is 5.69. The van der Waals surface area contributed by atoms with Gasteiger partial charge in [-0.25, -0.2) is 4.98 Å². The minimum atomic E-state index is -0.165. The Morgan fingerprint density at radius 3 is 2.37 bits per heavy atom. The van der Waals surface area contributed by atoms with E-state index in [0.717, 1.165) is 30.8 Å². The van der Waals surface area contributed by atoms with E-state index in [-0.39, 0.29) is 16.6 Å². The van der Waals surface area contributed by atoms with Crippen LogP contribution in [0.4, 0.5) is 5.69 Å². The van der Waals surface area contributed by atoms with Gasteiger partial charge in [0.15, 0.2) is 0 Å². The van der Waals surface area contributed by atoms with E-state index in [1.165, 1.54) is 10.6 Å². The number of hydrogen-bond donors (Lipinski definition) is 1. The van der Waals surface area contributed by atoms with E-state index < -0.39 is 0 Å². The Hall–Kier alpha value is -3.20. The zero-order valence-corrected chi connectivity index (χ0v) is 21.3. The Morgan fingerprint density at radius 1 is 1.11 bits per heavy atom. The maximum absolute atomic E-state index is 12.5. The lowest BCUT2D eigenvalue weighted by Crippen LogP contribution is -2.29. The van der Waals surface area contributed by atoms with Crippen LogP contribution in [0.25, 0.3) is 5.82 Å². The molecule has 3 N–H and O–H groups in total. The van der Waals surface area contributed by atoms with E-state index >= 15 is 0 Å². The second-order valence-corrected chi connectivity index (χ2v) is 9.26. The fourth-order valence-electron chi connectivity index (χ4n) is 3.42. The van der Waals surface area contributed by atoms with Crippen molar-refractivity contribution in [3.8, 4) is 11.6 Å². The van der Waals surface area contributed by atoms with Crippen LogP contribution in [-0.2, 0) is 11.3 Å². The molecular weight excluding hydrogens is 444 g/mol. The molecule has 1 aromatic carbocycles. The molecule has 1 atom stereocenters. The summed E-state index contributed by atoms with van der Waals surface area (Å²) in [4.78, 5) is 19.3. The molecule has 1 aliphatic rings.